The van der Waals surface area contributed by atoms with Crippen LogP contribution in [-0.4, -0.2) is 21.4 Å². The Kier molecular flexibility index (Phi) is 6.81. The number of nitrogens with zero attached hydrogens (tertiary/aromatic N) is 1. The van der Waals surface area contributed by atoms with Crippen LogP contribution in [0.25, 0.3) is 11.1 Å². The van der Waals surface area contributed by atoms with Gasteiger partial charge in [0.15, 0.2) is 0 Å². The molecule has 0 atom stereocenters. The number of nitrogens with one attached hydrogen (secondary N) is 1. The summed E-state index contributed by atoms with van der Waals surface area (Å²) in [4.78, 5) is 13.2. The quantitative estimate of drug-likeness (QED) is 0.363. The third-order valence-corrected chi connectivity index (χ3v) is 8.40. The van der Waals surface area contributed by atoms with Crippen LogP contribution >= 0.6 is 11.3 Å². The van der Waals surface area contributed by atoms with Crippen molar-refractivity contribution in [2.75, 3.05) is 11.4 Å². The number of thiophene rings is 1. The molecule has 0 aliphatic rings. The SMILES string of the molecule is Cc1ccc(N(C)S(=O)(=O)c2c(-c3ccccc3)csc2C(=O)NCc2ccc(F)cc2)cc1. The third kappa shape index (κ3) is 4.88. The number of hydrogen-bond donors (Lipinski definition) is 1. The lowest BCUT2D eigenvalue weighted by Crippen LogP contribution is -2.30. The highest BCUT2D eigenvalue weighted by atomic mass is 32.2. The van der Waals surface area contributed by atoms with E-state index in [2.05, 4.69) is 5.32 Å². The molecule has 0 aliphatic heterocycles. The second-order valence-corrected chi connectivity index (χ2v) is 10.6. The van der Waals surface area contributed by atoms with Gasteiger partial charge in [-0.1, -0.05) is 60.2 Å². The van der Waals surface area contributed by atoms with E-state index in [4.69, 9.17) is 0 Å². The van der Waals surface area contributed by atoms with E-state index in [1.54, 1.807) is 29.6 Å². The van der Waals surface area contributed by atoms with E-state index in [1.807, 2.05) is 49.4 Å². The van der Waals surface area contributed by atoms with Crippen LogP contribution in [0.3, 0.4) is 0 Å². The molecule has 5 nitrogen and oxygen atoms in total. The van der Waals surface area contributed by atoms with E-state index < -0.39 is 15.9 Å². The minimum Gasteiger partial charge on any atom is -0.347 e. The molecule has 0 unspecified atom stereocenters. The average Bonchev–Trinajstić information content (AvgIpc) is 3.30. The van der Waals surface area contributed by atoms with Crippen LogP contribution in [0.4, 0.5) is 10.1 Å². The van der Waals surface area contributed by atoms with Gasteiger partial charge in [-0.3, -0.25) is 9.10 Å². The van der Waals surface area contributed by atoms with E-state index in [-0.39, 0.29) is 22.1 Å². The summed E-state index contributed by atoms with van der Waals surface area (Å²) in [6, 6.07) is 22.0. The Balaban J connectivity index is 1.74. The van der Waals surface area contributed by atoms with Crippen molar-refractivity contribution < 1.29 is 17.6 Å². The number of anilines is 1. The molecule has 0 radical (unpaired) electrons. The lowest BCUT2D eigenvalue weighted by atomic mass is 10.1. The molecule has 8 heteroatoms. The van der Waals surface area contributed by atoms with Gasteiger partial charge in [0.1, 0.15) is 15.6 Å². The second-order valence-electron chi connectivity index (χ2n) is 7.79. The summed E-state index contributed by atoms with van der Waals surface area (Å²) in [5, 5.41) is 4.46. The minimum absolute atomic E-state index is 0.0385. The zero-order chi connectivity index (χ0) is 24.3. The van der Waals surface area contributed by atoms with Crippen molar-refractivity contribution in [3.8, 4) is 11.1 Å². The highest BCUT2D eigenvalue weighted by molar-refractivity contribution is 7.93. The fourth-order valence-corrected chi connectivity index (χ4v) is 6.35. The molecule has 4 rings (SSSR count). The highest BCUT2D eigenvalue weighted by Gasteiger charge is 2.32. The molecule has 4 aromatic rings. The average molecular weight is 495 g/mol. The lowest BCUT2D eigenvalue weighted by Gasteiger charge is -2.21. The number of halogens is 1. The van der Waals surface area contributed by atoms with Gasteiger partial charge < -0.3 is 5.32 Å². The summed E-state index contributed by atoms with van der Waals surface area (Å²) in [5.74, 6) is -0.874. The standard InChI is InChI=1S/C26H23FN2O3S2/c1-18-8-14-22(15-9-18)29(2)34(31,32)25-23(20-6-4-3-5-7-20)17-33-24(25)26(30)28-16-19-10-12-21(27)13-11-19/h3-15,17H,16H2,1-2H3,(H,28,30). The molecule has 0 bridgehead atoms. The highest BCUT2D eigenvalue weighted by Crippen LogP contribution is 2.38. The number of benzene rings is 3. The molecule has 34 heavy (non-hydrogen) atoms. The predicted octanol–water partition coefficient (Wildman–Crippen LogP) is 5.62. The van der Waals surface area contributed by atoms with Gasteiger partial charge in [0, 0.05) is 24.5 Å². The normalized spacial score (nSPS) is 11.3. The molecule has 0 saturated heterocycles. The third-order valence-electron chi connectivity index (χ3n) is 5.42. The van der Waals surface area contributed by atoms with Crippen molar-refractivity contribution in [1.29, 1.82) is 0 Å². The van der Waals surface area contributed by atoms with Crippen molar-refractivity contribution in [3.63, 3.8) is 0 Å². The van der Waals surface area contributed by atoms with Gasteiger partial charge in [0.25, 0.3) is 15.9 Å². The summed E-state index contributed by atoms with van der Waals surface area (Å²) in [7, 11) is -2.59. The molecule has 1 heterocycles. The number of sulfonamides is 1. The number of hydrogen-bond acceptors (Lipinski definition) is 4. The van der Waals surface area contributed by atoms with Crippen LogP contribution < -0.4 is 9.62 Å². The predicted molar refractivity (Wildman–Crippen MR) is 134 cm³/mol. The maximum absolute atomic E-state index is 13.8. The molecular weight excluding hydrogens is 471 g/mol. The van der Waals surface area contributed by atoms with Crippen LogP contribution in [0.15, 0.2) is 89.1 Å². The maximum atomic E-state index is 13.8. The number of carbonyl (C=O) groups excluding carboxylic acids is 1. The van der Waals surface area contributed by atoms with Gasteiger partial charge >= 0.3 is 0 Å². The molecule has 174 valence electrons. The van der Waals surface area contributed by atoms with Crippen LogP contribution in [-0.2, 0) is 16.6 Å². The summed E-state index contributed by atoms with van der Waals surface area (Å²) in [6.45, 7) is 2.07. The van der Waals surface area contributed by atoms with Crippen LogP contribution in [0.2, 0.25) is 0 Å². The number of rotatable bonds is 7. The summed E-state index contributed by atoms with van der Waals surface area (Å²) >= 11 is 1.08. The van der Waals surface area contributed by atoms with Crippen LogP contribution in [0, 0.1) is 12.7 Å². The molecule has 3 aromatic carbocycles. The fraction of sp³-hybridized carbons (Fsp3) is 0.115. The first kappa shape index (κ1) is 23.7. The summed E-state index contributed by atoms with van der Waals surface area (Å²) in [6.07, 6.45) is 0. The zero-order valence-corrected chi connectivity index (χ0v) is 20.3. The van der Waals surface area contributed by atoms with E-state index in [9.17, 15) is 17.6 Å². The van der Waals surface area contributed by atoms with Crippen molar-refractivity contribution in [2.45, 2.75) is 18.4 Å². The maximum Gasteiger partial charge on any atom is 0.266 e. The van der Waals surface area contributed by atoms with Gasteiger partial charge in [0.2, 0.25) is 0 Å². The Morgan fingerprint density at radius 3 is 2.26 bits per heavy atom. The first-order valence-electron chi connectivity index (χ1n) is 10.5. The van der Waals surface area contributed by atoms with E-state index in [0.717, 1.165) is 16.9 Å². The molecule has 1 aromatic heterocycles. The lowest BCUT2D eigenvalue weighted by molar-refractivity contribution is 0.0952. The number of carbonyl (C=O) groups is 1. The molecule has 0 fully saturated rings. The van der Waals surface area contributed by atoms with Crippen LogP contribution in [0.1, 0.15) is 20.8 Å². The van der Waals surface area contributed by atoms with Crippen molar-refractivity contribution in [2.24, 2.45) is 0 Å². The molecule has 1 amide bonds. The van der Waals surface area contributed by atoms with Gasteiger partial charge in [-0.25, -0.2) is 12.8 Å². The van der Waals surface area contributed by atoms with Gasteiger partial charge in [-0.05, 0) is 42.3 Å². The monoisotopic (exact) mass is 494 g/mol. The van der Waals surface area contributed by atoms with Gasteiger partial charge in [-0.2, -0.15) is 0 Å². The summed E-state index contributed by atoms with van der Waals surface area (Å²) in [5.41, 5.74) is 3.38. The van der Waals surface area contributed by atoms with Crippen molar-refractivity contribution in [3.05, 3.63) is 106 Å². The Hall–Kier alpha value is -3.49. The largest absolute Gasteiger partial charge is 0.347 e. The van der Waals surface area contributed by atoms with E-state index in [0.29, 0.717) is 22.4 Å². The van der Waals surface area contributed by atoms with E-state index in [1.165, 1.54) is 23.5 Å². The molecular formula is C26H23FN2O3S2. The number of aryl methyl sites for hydroxylation is 1. The molecule has 0 spiro atoms. The van der Waals surface area contributed by atoms with E-state index >= 15 is 0 Å². The molecule has 1 N–H and O–H groups in total. The molecule has 0 aliphatic carbocycles. The Morgan fingerprint density at radius 1 is 0.971 bits per heavy atom. The Bertz CT molecular complexity index is 1400. The first-order valence-corrected chi connectivity index (χ1v) is 12.8. The molecule has 0 saturated carbocycles. The van der Waals surface area contributed by atoms with Crippen molar-refractivity contribution >= 4 is 33.0 Å². The smallest absolute Gasteiger partial charge is 0.266 e. The Morgan fingerprint density at radius 2 is 1.62 bits per heavy atom. The second kappa shape index (κ2) is 9.79. The number of amides is 1. The van der Waals surface area contributed by atoms with Crippen molar-refractivity contribution in [1.82, 2.24) is 5.32 Å². The first-order chi connectivity index (χ1) is 16.3. The van der Waals surface area contributed by atoms with Crippen LogP contribution in [0.5, 0.6) is 0 Å². The summed E-state index contributed by atoms with van der Waals surface area (Å²) < 4.78 is 42.0. The zero-order valence-electron chi connectivity index (χ0n) is 18.7. The topological polar surface area (TPSA) is 66.5 Å². The van der Waals surface area contributed by atoms with Gasteiger partial charge in [0.05, 0.1) is 5.69 Å². The minimum atomic E-state index is -4.07. The Labute approximate surface area is 202 Å². The van der Waals surface area contributed by atoms with Gasteiger partial charge in [-0.15, -0.1) is 11.3 Å². The fourth-order valence-electron chi connectivity index (χ4n) is 3.47.